The summed E-state index contributed by atoms with van der Waals surface area (Å²) in [5.41, 5.74) is 1.66. The van der Waals surface area contributed by atoms with Gasteiger partial charge in [-0.2, -0.15) is 0 Å². The molecule has 2 heteroatoms. The third-order valence-electron chi connectivity index (χ3n) is 3.61. The molecular formula is C18H31NO. The van der Waals surface area contributed by atoms with Crippen molar-refractivity contribution in [3.05, 3.63) is 29.8 Å². The van der Waals surface area contributed by atoms with E-state index in [1.807, 2.05) is 6.07 Å². The van der Waals surface area contributed by atoms with Gasteiger partial charge in [0.25, 0.3) is 0 Å². The Balaban J connectivity index is 2.74. The molecule has 1 atom stereocenters. The van der Waals surface area contributed by atoms with E-state index in [9.17, 15) is 0 Å². The lowest BCUT2D eigenvalue weighted by molar-refractivity contribution is 0.175. The summed E-state index contributed by atoms with van der Waals surface area (Å²) in [6.07, 6.45) is 0. The quantitative estimate of drug-likeness (QED) is 0.862. The van der Waals surface area contributed by atoms with Crippen LogP contribution in [-0.2, 0) is 5.41 Å². The van der Waals surface area contributed by atoms with E-state index < -0.39 is 0 Å². The molecule has 0 heterocycles. The summed E-state index contributed by atoms with van der Waals surface area (Å²) < 4.78 is 6.02. The average Bonchev–Trinajstić information content (AvgIpc) is 2.32. The SMILES string of the molecule is CCNC(COc1cccc(C(C)(C)C)c1)C(C)(C)C. The number of hydrogen-bond donors (Lipinski definition) is 1. The predicted molar refractivity (Wildman–Crippen MR) is 87.6 cm³/mol. The van der Waals surface area contributed by atoms with Crippen LogP contribution in [0.15, 0.2) is 24.3 Å². The Morgan fingerprint density at radius 3 is 2.25 bits per heavy atom. The first kappa shape index (κ1) is 17.0. The van der Waals surface area contributed by atoms with E-state index in [2.05, 4.69) is 72.0 Å². The van der Waals surface area contributed by atoms with Crippen molar-refractivity contribution < 1.29 is 4.74 Å². The van der Waals surface area contributed by atoms with Crippen LogP contribution in [-0.4, -0.2) is 19.2 Å². The lowest BCUT2D eigenvalue weighted by atomic mass is 9.86. The van der Waals surface area contributed by atoms with Crippen LogP contribution in [0.3, 0.4) is 0 Å². The highest BCUT2D eigenvalue weighted by molar-refractivity contribution is 5.32. The molecule has 0 bridgehead atoms. The summed E-state index contributed by atoms with van der Waals surface area (Å²) in [6.45, 7) is 17.2. The first-order valence-electron chi connectivity index (χ1n) is 7.61. The van der Waals surface area contributed by atoms with Crippen LogP contribution in [0.5, 0.6) is 5.75 Å². The van der Waals surface area contributed by atoms with Gasteiger partial charge in [-0.3, -0.25) is 0 Å². The van der Waals surface area contributed by atoms with Crippen LogP contribution in [0, 0.1) is 5.41 Å². The molecule has 0 aliphatic carbocycles. The second-order valence-corrected chi connectivity index (χ2v) is 7.57. The number of ether oxygens (including phenoxy) is 1. The number of likely N-dealkylation sites (N-methyl/N-ethyl adjacent to an activating group) is 1. The zero-order valence-electron chi connectivity index (χ0n) is 14.2. The molecule has 1 aromatic carbocycles. The molecule has 0 saturated carbocycles. The Hall–Kier alpha value is -1.02. The summed E-state index contributed by atoms with van der Waals surface area (Å²) in [7, 11) is 0. The lowest BCUT2D eigenvalue weighted by Gasteiger charge is -2.31. The number of benzene rings is 1. The molecule has 1 rings (SSSR count). The minimum absolute atomic E-state index is 0.157. The van der Waals surface area contributed by atoms with Crippen molar-refractivity contribution in [2.45, 2.75) is 59.9 Å². The highest BCUT2D eigenvalue weighted by atomic mass is 16.5. The van der Waals surface area contributed by atoms with Gasteiger partial charge in [0, 0.05) is 6.04 Å². The smallest absolute Gasteiger partial charge is 0.119 e. The Labute approximate surface area is 124 Å². The lowest BCUT2D eigenvalue weighted by Crippen LogP contribution is -2.44. The highest BCUT2D eigenvalue weighted by Crippen LogP contribution is 2.26. The van der Waals surface area contributed by atoms with Crippen molar-refractivity contribution in [3.8, 4) is 5.75 Å². The molecule has 0 saturated heterocycles. The van der Waals surface area contributed by atoms with Crippen LogP contribution in [0.25, 0.3) is 0 Å². The van der Waals surface area contributed by atoms with Crippen molar-refractivity contribution in [1.82, 2.24) is 5.32 Å². The van der Waals surface area contributed by atoms with Gasteiger partial charge in [0.2, 0.25) is 0 Å². The second kappa shape index (κ2) is 6.62. The largest absolute Gasteiger partial charge is 0.492 e. The number of hydrogen-bond acceptors (Lipinski definition) is 2. The number of nitrogens with one attached hydrogen (secondary N) is 1. The van der Waals surface area contributed by atoms with Crippen LogP contribution in [0.2, 0.25) is 0 Å². The highest BCUT2D eigenvalue weighted by Gasteiger charge is 2.24. The van der Waals surface area contributed by atoms with Crippen LogP contribution < -0.4 is 10.1 Å². The fraction of sp³-hybridized carbons (Fsp3) is 0.667. The molecule has 0 radical (unpaired) electrons. The summed E-state index contributed by atoms with van der Waals surface area (Å²) >= 11 is 0. The Kier molecular flexibility index (Phi) is 5.64. The van der Waals surface area contributed by atoms with Gasteiger partial charge in [0.15, 0.2) is 0 Å². The minimum Gasteiger partial charge on any atom is -0.492 e. The van der Waals surface area contributed by atoms with E-state index in [1.165, 1.54) is 5.56 Å². The van der Waals surface area contributed by atoms with Gasteiger partial charge < -0.3 is 10.1 Å². The van der Waals surface area contributed by atoms with Crippen LogP contribution >= 0.6 is 0 Å². The van der Waals surface area contributed by atoms with Gasteiger partial charge in [-0.15, -0.1) is 0 Å². The van der Waals surface area contributed by atoms with Gasteiger partial charge in [-0.05, 0) is 35.1 Å². The third-order valence-corrected chi connectivity index (χ3v) is 3.61. The monoisotopic (exact) mass is 277 g/mol. The topological polar surface area (TPSA) is 21.3 Å². The summed E-state index contributed by atoms with van der Waals surface area (Å²) in [5.74, 6) is 0.963. The maximum absolute atomic E-state index is 6.02. The summed E-state index contributed by atoms with van der Waals surface area (Å²) in [4.78, 5) is 0. The summed E-state index contributed by atoms with van der Waals surface area (Å²) in [6, 6.07) is 8.80. The van der Waals surface area contributed by atoms with Crippen LogP contribution in [0.1, 0.15) is 54.0 Å². The van der Waals surface area contributed by atoms with E-state index in [4.69, 9.17) is 4.74 Å². The molecule has 0 aliphatic rings. The fourth-order valence-electron chi connectivity index (χ4n) is 2.09. The average molecular weight is 277 g/mol. The standard InChI is InChI=1S/C18H31NO/c1-8-19-16(18(5,6)7)13-20-15-11-9-10-14(12-15)17(2,3)4/h9-12,16,19H,8,13H2,1-7H3. The van der Waals surface area contributed by atoms with Crippen LogP contribution in [0.4, 0.5) is 0 Å². The number of rotatable bonds is 5. The van der Waals surface area contributed by atoms with Gasteiger partial charge in [0.1, 0.15) is 12.4 Å². The zero-order chi connectivity index (χ0) is 15.4. The molecule has 0 amide bonds. The molecule has 0 spiro atoms. The first-order chi connectivity index (χ1) is 9.14. The molecule has 0 aliphatic heterocycles. The predicted octanol–water partition coefficient (Wildman–Crippen LogP) is 4.39. The van der Waals surface area contributed by atoms with E-state index in [-0.39, 0.29) is 10.8 Å². The van der Waals surface area contributed by atoms with E-state index >= 15 is 0 Å². The Morgan fingerprint density at radius 1 is 1.10 bits per heavy atom. The van der Waals surface area contributed by atoms with Crippen molar-refractivity contribution >= 4 is 0 Å². The van der Waals surface area contributed by atoms with Crippen molar-refractivity contribution in [3.63, 3.8) is 0 Å². The maximum Gasteiger partial charge on any atom is 0.119 e. The molecule has 0 aromatic heterocycles. The molecule has 1 unspecified atom stereocenters. The molecule has 114 valence electrons. The molecular weight excluding hydrogens is 246 g/mol. The van der Waals surface area contributed by atoms with Gasteiger partial charge in [0.05, 0.1) is 0 Å². The zero-order valence-corrected chi connectivity index (χ0v) is 14.2. The molecule has 1 aromatic rings. The van der Waals surface area contributed by atoms with E-state index in [1.54, 1.807) is 0 Å². The van der Waals surface area contributed by atoms with E-state index in [0.29, 0.717) is 12.6 Å². The molecule has 0 fully saturated rings. The Bertz CT molecular complexity index is 412. The molecule has 2 nitrogen and oxygen atoms in total. The molecule has 20 heavy (non-hydrogen) atoms. The second-order valence-electron chi connectivity index (χ2n) is 7.57. The molecule has 1 N–H and O–H groups in total. The third kappa shape index (κ3) is 5.16. The van der Waals surface area contributed by atoms with Crippen molar-refractivity contribution in [2.75, 3.05) is 13.2 Å². The van der Waals surface area contributed by atoms with Gasteiger partial charge in [-0.25, -0.2) is 0 Å². The summed E-state index contributed by atoms with van der Waals surface area (Å²) in [5, 5.41) is 3.51. The maximum atomic E-state index is 6.02. The van der Waals surface area contributed by atoms with E-state index in [0.717, 1.165) is 12.3 Å². The van der Waals surface area contributed by atoms with Gasteiger partial charge >= 0.3 is 0 Å². The van der Waals surface area contributed by atoms with Crippen molar-refractivity contribution in [2.24, 2.45) is 5.41 Å². The van der Waals surface area contributed by atoms with Gasteiger partial charge in [-0.1, -0.05) is 60.6 Å². The first-order valence-corrected chi connectivity index (χ1v) is 7.61. The minimum atomic E-state index is 0.157. The fourth-order valence-corrected chi connectivity index (χ4v) is 2.09. The normalized spacial score (nSPS) is 14.2. The van der Waals surface area contributed by atoms with Crippen molar-refractivity contribution in [1.29, 1.82) is 0 Å². The Morgan fingerprint density at radius 2 is 1.75 bits per heavy atom.